The molecule has 0 saturated carbocycles. The lowest BCUT2D eigenvalue weighted by Gasteiger charge is -1.90. The maximum atomic E-state index is 11.0. The van der Waals surface area contributed by atoms with Gasteiger partial charge < -0.3 is 0 Å². The smallest absolute Gasteiger partial charge is 0.178 e. The summed E-state index contributed by atoms with van der Waals surface area (Å²) in [5, 5.41) is 7.71. The molecule has 0 aliphatic carbocycles. The second kappa shape index (κ2) is 2.90. The fraction of sp³-hybridized carbons (Fsp3) is 0.111. The average Bonchev–Trinajstić information content (AvgIpc) is 2.29. The van der Waals surface area contributed by atoms with Crippen LogP contribution in [0.5, 0.6) is 0 Å². The molecule has 1 heterocycles. The number of aryl methyl sites for hydroxylation is 1. The van der Waals surface area contributed by atoms with Crippen molar-refractivity contribution in [3.05, 3.63) is 40.3 Å². The Morgan fingerprint density at radius 2 is 1.69 bits per heavy atom. The molecule has 0 atom stereocenters. The molecular formula is C9H7N3O. The molecule has 0 aliphatic rings. The Balaban J connectivity index is 2.90. The number of hydrogen-bond donors (Lipinski definition) is 0. The summed E-state index contributed by atoms with van der Waals surface area (Å²) in [6, 6.07) is 6.20. The standard InChI is InChI=1S/C9H7N3O/c1-6-10-8-4-2-7(13)3-5-9(8)12-11-6/h2-5H,1H3. The summed E-state index contributed by atoms with van der Waals surface area (Å²) < 4.78 is 0. The van der Waals surface area contributed by atoms with Gasteiger partial charge in [0.25, 0.3) is 0 Å². The van der Waals surface area contributed by atoms with E-state index in [-0.39, 0.29) is 5.43 Å². The number of aromatic nitrogens is 3. The Hall–Kier alpha value is -1.84. The minimum absolute atomic E-state index is 0.0579. The molecule has 0 bridgehead atoms. The summed E-state index contributed by atoms with van der Waals surface area (Å²) in [4.78, 5) is 15.1. The predicted octanol–water partition coefficient (Wildman–Crippen LogP) is 0.693. The van der Waals surface area contributed by atoms with Crippen LogP contribution in [0.3, 0.4) is 0 Å². The van der Waals surface area contributed by atoms with Crippen molar-refractivity contribution >= 4 is 11.0 Å². The van der Waals surface area contributed by atoms with E-state index in [1.165, 1.54) is 12.1 Å². The quantitative estimate of drug-likeness (QED) is 0.588. The highest BCUT2D eigenvalue weighted by Gasteiger charge is 1.94. The van der Waals surface area contributed by atoms with Gasteiger partial charge >= 0.3 is 0 Å². The second-order valence-corrected chi connectivity index (χ2v) is 2.70. The molecule has 64 valence electrons. The van der Waals surface area contributed by atoms with Crippen LogP contribution in [0.25, 0.3) is 11.0 Å². The van der Waals surface area contributed by atoms with Crippen molar-refractivity contribution in [1.82, 2.24) is 15.2 Å². The van der Waals surface area contributed by atoms with Gasteiger partial charge in [0.1, 0.15) is 11.3 Å². The van der Waals surface area contributed by atoms with Crippen molar-refractivity contribution in [2.24, 2.45) is 0 Å². The first-order valence-corrected chi connectivity index (χ1v) is 3.87. The molecule has 2 aromatic rings. The maximum absolute atomic E-state index is 11.0. The second-order valence-electron chi connectivity index (χ2n) is 2.70. The predicted molar refractivity (Wildman–Crippen MR) is 48.3 cm³/mol. The van der Waals surface area contributed by atoms with Crippen LogP contribution in [-0.4, -0.2) is 15.2 Å². The number of nitrogens with zero attached hydrogens (tertiary/aromatic N) is 3. The molecule has 0 radical (unpaired) electrons. The molecule has 1 aromatic carbocycles. The molecule has 0 aliphatic heterocycles. The number of fused-ring (bicyclic) bond motifs is 1. The Bertz CT molecular complexity index is 510. The van der Waals surface area contributed by atoms with Gasteiger partial charge in [0, 0.05) is 0 Å². The topological polar surface area (TPSA) is 55.7 Å². The Morgan fingerprint density at radius 3 is 2.46 bits per heavy atom. The lowest BCUT2D eigenvalue weighted by molar-refractivity contribution is 0.953. The van der Waals surface area contributed by atoms with Crippen LogP contribution < -0.4 is 5.43 Å². The molecule has 0 unspecified atom stereocenters. The highest BCUT2D eigenvalue weighted by Crippen LogP contribution is 2.02. The first kappa shape index (κ1) is 7.79. The third kappa shape index (κ3) is 1.51. The minimum atomic E-state index is -0.0579. The van der Waals surface area contributed by atoms with Crippen molar-refractivity contribution in [2.45, 2.75) is 6.92 Å². The fourth-order valence-corrected chi connectivity index (χ4v) is 1.05. The molecule has 0 fully saturated rings. The van der Waals surface area contributed by atoms with Gasteiger partial charge in [-0.05, 0) is 31.2 Å². The van der Waals surface area contributed by atoms with Gasteiger partial charge in [-0.1, -0.05) is 0 Å². The molecule has 4 heteroatoms. The summed E-state index contributed by atoms with van der Waals surface area (Å²) in [6.07, 6.45) is 0. The van der Waals surface area contributed by atoms with Gasteiger partial charge in [0.05, 0.1) is 5.52 Å². The van der Waals surface area contributed by atoms with E-state index < -0.39 is 0 Å². The zero-order valence-corrected chi connectivity index (χ0v) is 7.06. The van der Waals surface area contributed by atoms with Crippen molar-refractivity contribution in [2.75, 3.05) is 0 Å². The van der Waals surface area contributed by atoms with Crippen LogP contribution >= 0.6 is 0 Å². The third-order valence-electron chi connectivity index (χ3n) is 1.66. The summed E-state index contributed by atoms with van der Waals surface area (Å²) >= 11 is 0. The molecule has 2 rings (SSSR count). The summed E-state index contributed by atoms with van der Waals surface area (Å²) in [5.74, 6) is 0.603. The van der Waals surface area contributed by atoms with Gasteiger partial charge in [-0.15, -0.1) is 10.2 Å². The molecule has 4 nitrogen and oxygen atoms in total. The largest absolute Gasteiger partial charge is 0.290 e. The van der Waals surface area contributed by atoms with E-state index >= 15 is 0 Å². The van der Waals surface area contributed by atoms with Crippen molar-refractivity contribution in [3.8, 4) is 0 Å². The maximum Gasteiger partial charge on any atom is 0.178 e. The van der Waals surface area contributed by atoms with Gasteiger partial charge in [0.2, 0.25) is 0 Å². The van der Waals surface area contributed by atoms with E-state index in [0.717, 1.165) is 0 Å². The van der Waals surface area contributed by atoms with Crippen molar-refractivity contribution in [3.63, 3.8) is 0 Å². The van der Waals surface area contributed by atoms with Crippen LogP contribution in [-0.2, 0) is 0 Å². The number of hydrogen-bond acceptors (Lipinski definition) is 4. The summed E-state index contributed by atoms with van der Waals surface area (Å²) in [6.45, 7) is 1.76. The van der Waals surface area contributed by atoms with Crippen LogP contribution in [0.2, 0.25) is 0 Å². The lowest BCUT2D eigenvalue weighted by atomic mass is 10.4. The Morgan fingerprint density at radius 1 is 1.00 bits per heavy atom. The SMILES string of the molecule is Cc1nnc2ccc(=O)ccc2n1. The van der Waals surface area contributed by atoms with E-state index in [2.05, 4.69) is 15.2 Å². The summed E-state index contributed by atoms with van der Waals surface area (Å²) in [7, 11) is 0. The van der Waals surface area contributed by atoms with Crippen molar-refractivity contribution in [1.29, 1.82) is 0 Å². The first-order chi connectivity index (χ1) is 6.25. The van der Waals surface area contributed by atoms with E-state index in [1.54, 1.807) is 19.1 Å². The number of rotatable bonds is 0. The van der Waals surface area contributed by atoms with E-state index in [9.17, 15) is 4.79 Å². The molecule has 0 N–H and O–H groups in total. The van der Waals surface area contributed by atoms with E-state index in [1.807, 2.05) is 0 Å². The van der Waals surface area contributed by atoms with E-state index in [4.69, 9.17) is 0 Å². The molecular weight excluding hydrogens is 166 g/mol. The van der Waals surface area contributed by atoms with Gasteiger partial charge in [-0.2, -0.15) is 0 Å². The van der Waals surface area contributed by atoms with Crippen LogP contribution in [0.4, 0.5) is 0 Å². The van der Waals surface area contributed by atoms with E-state index in [0.29, 0.717) is 16.9 Å². The molecule has 0 saturated heterocycles. The van der Waals surface area contributed by atoms with Gasteiger partial charge in [-0.3, -0.25) is 4.79 Å². The molecule has 13 heavy (non-hydrogen) atoms. The Kier molecular flexibility index (Phi) is 1.73. The lowest BCUT2D eigenvalue weighted by Crippen LogP contribution is -1.90. The summed E-state index contributed by atoms with van der Waals surface area (Å²) in [5.41, 5.74) is 1.26. The zero-order valence-electron chi connectivity index (χ0n) is 7.06. The highest BCUT2D eigenvalue weighted by molar-refractivity contribution is 5.72. The molecule has 1 aromatic heterocycles. The molecule has 0 amide bonds. The average molecular weight is 173 g/mol. The van der Waals surface area contributed by atoms with Crippen LogP contribution in [0, 0.1) is 6.92 Å². The highest BCUT2D eigenvalue weighted by atomic mass is 16.1. The molecule has 0 spiro atoms. The van der Waals surface area contributed by atoms with Gasteiger partial charge in [0.15, 0.2) is 5.43 Å². The monoisotopic (exact) mass is 173 g/mol. The Labute approximate surface area is 74.3 Å². The normalized spacial score (nSPS) is 10.2. The minimum Gasteiger partial charge on any atom is -0.290 e. The van der Waals surface area contributed by atoms with Crippen molar-refractivity contribution < 1.29 is 0 Å². The third-order valence-corrected chi connectivity index (χ3v) is 1.66. The van der Waals surface area contributed by atoms with Gasteiger partial charge in [-0.25, -0.2) is 4.98 Å². The van der Waals surface area contributed by atoms with Crippen LogP contribution in [0.1, 0.15) is 5.82 Å². The first-order valence-electron chi connectivity index (χ1n) is 3.87. The zero-order chi connectivity index (χ0) is 9.26. The van der Waals surface area contributed by atoms with Crippen LogP contribution in [0.15, 0.2) is 29.1 Å². The fourth-order valence-electron chi connectivity index (χ4n) is 1.05.